The van der Waals surface area contributed by atoms with E-state index in [1.807, 2.05) is 0 Å². The molecule has 0 spiro atoms. The van der Waals surface area contributed by atoms with Crippen LogP contribution in [-0.4, -0.2) is 62.5 Å². The van der Waals surface area contributed by atoms with Crippen LogP contribution in [0.3, 0.4) is 0 Å². The highest BCUT2D eigenvalue weighted by atomic mass is 19.4. The first-order chi connectivity index (χ1) is 16.5. The fraction of sp³-hybridized carbons (Fsp3) is 0.619. The fourth-order valence-corrected chi connectivity index (χ4v) is 4.63. The molecule has 4 aliphatic rings. The number of anilines is 1. The number of H-pyrrole nitrogens is 1. The van der Waals surface area contributed by atoms with Crippen LogP contribution in [0.15, 0.2) is 12.1 Å². The van der Waals surface area contributed by atoms with Gasteiger partial charge in [-0.05, 0) is 32.1 Å². The summed E-state index contributed by atoms with van der Waals surface area (Å²) in [6.45, 7) is 1.09. The second-order valence-electron chi connectivity index (χ2n) is 9.42. The molecule has 6 rings (SSSR count). The average Bonchev–Trinajstić information content (AvgIpc) is 3.43. The Labute approximate surface area is 197 Å². The van der Waals surface area contributed by atoms with E-state index in [1.165, 1.54) is 7.05 Å². The molecule has 0 aromatic carbocycles. The minimum absolute atomic E-state index is 0.0146. The molecule has 3 saturated carbocycles. The maximum Gasteiger partial charge on any atom is 0.425 e. The summed E-state index contributed by atoms with van der Waals surface area (Å²) >= 11 is 0. The van der Waals surface area contributed by atoms with Crippen LogP contribution in [0.1, 0.15) is 54.9 Å². The highest BCUT2D eigenvalue weighted by Gasteiger charge is 2.57. The van der Waals surface area contributed by atoms with Crippen LogP contribution >= 0.6 is 0 Å². The zero-order chi connectivity index (χ0) is 25.0. The van der Waals surface area contributed by atoms with E-state index in [0.29, 0.717) is 12.1 Å². The van der Waals surface area contributed by atoms with E-state index in [9.17, 15) is 22.8 Å². The molecule has 3 N–H and O–H groups in total. The Morgan fingerprint density at radius 1 is 1.31 bits per heavy atom. The van der Waals surface area contributed by atoms with Crippen LogP contribution in [0.25, 0.3) is 0 Å². The van der Waals surface area contributed by atoms with Gasteiger partial charge in [-0.15, -0.1) is 5.10 Å². The Morgan fingerprint density at radius 3 is 2.71 bits per heavy atom. The number of hydrogen-bond donors (Lipinski definition) is 3. The van der Waals surface area contributed by atoms with Gasteiger partial charge in [-0.1, -0.05) is 0 Å². The van der Waals surface area contributed by atoms with Crippen molar-refractivity contribution in [2.24, 2.45) is 13.0 Å². The van der Waals surface area contributed by atoms with E-state index in [-0.39, 0.29) is 29.5 Å². The molecule has 3 heterocycles. The molecule has 35 heavy (non-hydrogen) atoms. The summed E-state index contributed by atoms with van der Waals surface area (Å²) in [6.07, 6.45) is -4.37. The van der Waals surface area contributed by atoms with E-state index in [1.54, 1.807) is 6.07 Å². The normalized spacial score (nSPS) is 28.0. The molecular formula is C21H25F3N6O5. The molecule has 2 amide bonds. The number of aryl methyl sites for hydroxylation is 1. The minimum Gasteiger partial charge on any atom is -0.464 e. The third-order valence-electron chi connectivity index (χ3n) is 6.67. The van der Waals surface area contributed by atoms with Gasteiger partial charge >= 0.3 is 12.3 Å². The third kappa shape index (κ3) is 4.79. The first kappa shape index (κ1) is 23.5. The number of alkyl halides is 3. The smallest absolute Gasteiger partial charge is 0.425 e. The minimum atomic E-state index is -4.56. The van der Waals surface area contributed by atoms with Gasteiger partial charge in [-0.3, -0.25) is 14.6 Å². The predicted molar refractivity (Wildman–Crippen MR) is 113 cm³/mol. The molecular weight excluding hydrogens is 473 g/mol. The fourth-order valence-electron chi connectivity index (χ4n) is 4.63. The Bertz CT molecular complexity index is 1110. The molecule has 2 aromatic rings. The summed E-state index contributed by atoms with van der Waals surface area (Å²) in [5.41, 5.74) is 0.507. The summed E-state index contributed by atoms with van der Waals surface area (Å²) in [4.78, 5) is 24.7. The maximum absolute atomic E-state index is 12.7. The van der Waals surface area contributed by atoms with Gasteiger partial charge in [0.05, 0.1) is 12.3 Å². The summed E-state index contributed by atoms with van der Waals surface area (Å²) in [5, 5.41) is 16.1. The molecule has 190 valence electrons. The van der Waals surface area contributed by atoms with Crippen LogP contribution in [0.2, 0.25) is 0 Å². The van der Waals surface area contributed by atoms with E-state index in [2.05, 4.69) is 25.9 Å². The molecule has 3 aliphatic carbocycles. The highest BCUT2D eigenvalue weighted by molar-refractivity contribution is 6.02. The zero-order valence-electron chi connectivity index (χ0n) is 19.0. The van der Waals surface area contributed by atoms with E-state index < -0.39 is 36.5 Å². The number of carbonyl (C=O) groups excluding carboxylic acids is 2. The van der Waals surface area contributed by atoms with Crippen molar-refractivity contribution in [2.45, 2.75) is 62.6 Å². The predicted octanol–water partition coefficient (Wildman–Crippen LogP) is 2.83. The van der Waals surface area contributed by atoms with Crippen molar-refractivity contribution in [1.82, 2.24) is 25.3 Å². The number of rotatable bonds is 7. The summed E-state index contributed by atoms with van der Waals surface area (Å²) in [5.74, 6) is -0.0254. The van der Waals surface area contributed by atoms with Gasteiger partial charge in [-0.25, -0.2) is 4.79 Å². The average molecular weight is 498 g/mol. The van der Waals surface area contributed by atoms with Crippen LogP contribution in [-0.2, 0) is 16.5 Å². The van der Waals surface area contributed by atoms with E-state index in [0.717, 1.165) is 42.9 Å². The van der Waals surface area contributed by atoms with Gasteiger partial charge in [0.15, 0.2) is 11.9 Å². The zero-order valence-corrected chi connectivity index (χ0v) is 19.0. The second-order valence-corrected chi connectivity index (χ2v) is 9.42. The monoisotopic (exact) mass is 498 g/mol. The van der Waals surface area contributed by atoms with Gasteiger partial charge in [0, 0.05) is 31.1 Å². The Balaban J connectivity index is 1.13. The Kier molecular flexibility index (Phi) is 5.65. The molecule has 1 saturated heterocycles. The summed E-state index contributed by atoms with van der Waals surface area (Å²) in [6, 6.07) is 2.69. The molecule has 0 unspecified atom stereocenters. The molecule has 11 nitrogen and oxygen atoms in total. The maximum atomic E-state index is 12.7. The third-order valence-corrected chi connectivity index (χ3v) is 6.67. The lowest BCUT2D eigenvalue weighted by atomic mass is 9.50. The molecule has 2 bridgehead atoms. The standard InChI is InChI=1S/C21H25F3N6O5/c1-10(21(22,23)24)34-17-5-14(30(2)29-17)18(31)25-16-4-13(27-28-16)15-3-12(9-33-15)35-19(32)26-20-6-11(7-20)8-20/h4-5,10-12,15H,3,6-9H2,1-2H3,(H,26,32)(H2,25,27,28,31)/t10-,11?,12+,15+,20?/m1/s1. The largest absolute Gasteiger partial charge is 0.464 e. The molecule has 2 aromatic heterocycles. The lowest BCUT2D eigenvalue weighted by molar-refractivity contribution is -0.190. The molecule has 14 heteroatoms. The number of amides is 2. The summed E-state index contributed by atoms with van der Waals surface area (Å²) in [7, 11) is 1.41. The number of nitrogens with one attached hydrogen (secondary N) is 3. The highest BCUT2D eigenvalue weighted by Crippen LogP contribution is 2.56. The first-order valence-corrected chi connectivity index (χ1v) is 11.2. The lowest BCUT2D eigenvalue weighted by Gasteiger charge is -2.61. The van der Waals surface area contributed by atoms with E-state index >= 15 is 0 Å². The van der Waals surface area contributed by atoms with Crippen molar-refractivity contribution >= 4 is 17.8 Å². The molecule has 0 radical (unpaired) electrons. The topological polar surface area (TPSA) is 132 Å². The lowest BCUT2D eigenvalue weighted by Crippen LogP contribution is -2.68. The van der Waals surface area contributed by atoms with Crippen LogP contribution < -0.4 is 15.4 Å². The number of aromatic nitrogens is 4. The second kappa shape index (κ2) is 8.43. The number of nitrogens with zero attached hydrogens (tertiary/aromatic N) is 3. The molecule has 1 aliphatic heterocycles. The van der Waals surface area contributed by atoms with Crippen LogP contribution in [0, 0.1) is 5.92 Å². The van der Waals surface area contributed by atoms with Gasteiger partial charge < -0.3 is 24.8 Å². The van der Waals surface area contributed by atoms with Gasteiger partial charge in [0.1, 0.15) is 17.9 Å². The summed E-state index contributed by atoms with van der Waals surface area (Å²) < 4.78 is 55.2. The van der Waals surface area contributed by atoms with Crippen LogP contribution in [0.4, 0.5) is 23.8 Å². The van der Waals surface area contributed by atoms with Gasteiger partial charge in [-0.2, -0.15) is 18.3 Å². The van der Waals surface area contributed by atoms with Crippen molar-refractivity contribution in [1.29, 1.82) is 0 Å². The SMILES string of the molecule is C[C@@H](Oc1cc(C(=O)Nc2cc([C@@H]3C[C@H](OC(=O)NC45CC(C4)C5)CO3)[nH]n2)n(C)n1)C(F)(F)F. The van der Waals surface area contributed by atoms with Gasteiger partial charge in [0.2, 0.25) is 5.88 Å². The van der Waals surface area contributed by atoms with Crippen LogP contribution in [0.5, 0.6) is 5.88 Å². The van der Waals surface area contributed by atoms with Crippen molar-refractivity contribution in [2.75, 3.05) is 11.9 Å². The quantitative estimate of drug-likeness (QED) is 0.535. The molecule has 3 atom stereocenters. The van der Waals surface area contributed by atoms with Gasteiger partial charge in [0.25, 0.3) is 5.91 Å². The number of halogens is 3. The van der Waals surface area contributed by atoms with Crippen molar-refractivity contribution < 1.29 is 37.0 Å². The molecule has 4 fully saturated rings. The van der Waals surface area contributed by atoms with Crippen molar-refractivity contribution in [3.8, 4) is 5.88 Å². The number of ether oxygens (including phenoxy) is 3. The number of hydrogen-bond acceptors (Lipinski definition) is 7. The Hall–Kier alpha value is -3.29. The van der Waals surface area contributed by atoms with Crippen molar-refractivity contribution in [3.63, 3.8) is 0 Å². The Morgan fingerprint density at radius 2 is 2.06 bits per heavy atom. The number of aromatic amines is 1. The first-order valence-electron chi connectivity index (χ1n) is 11.2. The van der Waals surface area contributed by atoms with Crippen molar-refractivity contribution in [3.05, 3.63) is 23.5 Å². The number of carbonyl (C=O) groups is 2. The number of alkyl carbamates (subject to hydrolysis) is 1. The van der Waals surface area contributed by atoms with E-state index in [4.69, 9.17) is 14.2 Å².